The second kappa shape index (κ2) is 12.6. The second-order valence-electron chi connectivity index (χ2n) is 12.1. The number of pyridine rings is 5. The zero-order valence-corrected chi connectivity index (χ0v) is 27.0. The van der Waals surface area contributed by atoms with E-state index in [0.717, 1.165) is 83.8 Å². The summed E-state index contributed by atoms with van der Waals surface area (Å²) >= 11 is 0. The van der Waals surface area contributed by atoms with Crippen LogP contribution in [0.2, 0.25) is 0 Å². The van der Waals surface area contributed by atoms with Gasteiger partial charge in [-0.05, 0) is 94.0 Å². The topological polar surface area (TPSA) is 64.5 Å². The molecule has 5 aromatic heterocycles. The Hall–Kier alpha value is -6.85. The summed E-state index contributed by atoms with van der Waals surface area (Å²) in [5.41, 5.74) is 12.7. The summed E-state index contributed by atoms with van der Waals surface area (Å²) in [4.78, 5) is 23.8. The zero-order chi connectivity index (χ0) is 33.3. The van der Waals surface area contributed by atoms with Gasteiger partial charge in [0.1, 0.15) is 0 Å². The quantitative estimate of drug-likeness (QED) is 0.169. The number of para-hydroxylation sites is 1. The fraction of sp³-hybridized carbons (Fsp3) is 0. The number of rotatable bonds is 6. The van der Waals surface area contributed by atoms with Crippen molar-refractivity contribution in [3.05, 3.63) is 176 Å². The fourth-order valence-corrected chi connectivity index (χ4v) is 6.65. The van der Waals surface area contributed by atoms with Gasteiger partial charge in [0.15, 0.2) is 0 Å². The van der Waals surface area contributed by atoms with E-state index in [4.69, 9.17) is 9.97 Å². The van der Waals surface area contributed by atoms with E-state index >= 15 is 0 Å². The molecule has 50 heavy (non-hydrogen) atoms. The van der Waals surface area contributed by atoms with Crippen LogP contribution in [0.5, 0.6) is 0 Å². The molecule has 234 valence electrons. The van der Waals surface area contributed by atoms with Crippen LogP contribution < -0.4 is 0 Å². The molecule has 0 unspecified atom stereocenters. The lowest BCUT2D eigenvalue weighted by Crippen LogP contribution is -1.94. The van der Waals surface area contributed by atoms with Crippen molar-refractivity contribution >= 4 is 21.7 Å². The average molecular weight is 640 g/mol. The maximum absolute atomic E-state index is 5.08. The Labute approximate surface area is 289 Å². The van der Waals surface area contributed by atoms with E-state index in [0.29, 0.717) is 0 Å². The molecule has 0 bridgehead atoms. The number of fused-ring (bicyclic) bond motifs is 3. The van der Waals surface area contributed by atoms with E-state index in [1.54, 1.807) is 12.4 Å². The minimum absolute atomic E-state index is 0.810. The molecule has 0 saturated heterocycles. The molecular weight excluding hydrogens is 611 g/mol. The van der Waals surface area contributed by atoms with Crippen molar-refractivity contribution in [1.29, 1.82) is 0 Å². The van der Waals surface area contributed by atoms with E-state index in [1.165, 1.54) is 5.39 Å². The molecule has 5 heterocycles. The molecule has 0 saturated carbocycles. The Morgan fingerprint density at radius 2 is 0.880 bits per heavy atom. The van der Waals surface area contributed by atoms with Crippen LogP contribution in [0.15, 0.2) is 176 Å². The fourth-order valence-electron chi connectivity index (χ4n) is 6.65. The Morgan fingerprint density at radius 3 is 1.54 bits per heavy atom. The van der Waals surface area contributed by atoms with Gasteiger partial charge in [-0.25, -0.2) is 9.97 Å². The molecule has 9 rings (SSSR count). The van der Waals surface area contributed by atoms with Crippen LogP contribution in [0, 0.1) is 0 Å². The second-order valence-corrected chi connectivity index (χ2v) is 12.1. The third kappa shape index (κ3) is 5.47. The highest BCUT2D eigenvalue weighted by Gasteiger charge is 2.16. The molecule has 0 aliphatic heterocycles. The van der Waals surface area contributed by atoms with Gasteiger partial charge in [0.25, 0.3) is 0 Å². The Balaban J connectivity index is 1.12. The van der Waals surface area contributed by atoms with Crippen molar-refractivity contribution in [2.75, 3.05) is 0 Å². The molecule has 9 aromatic rings. The summed E-state index contributed by atoms with van der Waals surface area (Å²) in [5.74, 6) is 0. The van der Waals surface area contributed by atoms with E-state index in [-0.39, 0.29) is 0 Å². The number of benzene rings is 4. The summed E-state index contributed by atoms with van der Waals surface area (Å²) in [6, 6.07) is 54.3. The van der Waals surface area contributed by atoms with Crippen molar-refractivity contribution < 1.29 is 0 Å². The Kier molecular flexibility index (Phi) is 7.41. The SMILES string of the molecule is c1ccc(-c2cc(-c3ccc(-c4cccc(-c5cccc6c(-c7ccccn7)nc7ccccc7c56)c4)cc3)cc(-c3ccccn3)n2)nc1. The Bertz CT molecular complexity index is 2560. The first-order valence-electron chi connectivity index (χ1n) is 16.6. The Morgan fingerprint density at radius 1 is 0.320 bits per heavy atom. The zero-order valence-electron chi connectivity index (χ0n) is 27.0. The van der Waals surface area contributed by atoms with Crippen molar-refractivity contribution in [3.63, 3.8) is 0 Å². The minimum Gasteiger partial charge on any atom is -0.255 e. The van der Waals surface area contributed by atoms with Gasteiger partial charge in [0, 0.05) is 34.7 Å². The third-order valence-corrected chi connectivity index (χ3v) is 9.04. The van der Waals surface area contributed by atoms with Gasteiger partial charge in [-0.2, -0.15) is 0 Å². The molecular formula is C45H29N5. The van der Waals surface area contributed by atoms with Crippen LogP contribution in [-0.4, -0.2) is 24.9 Å². The minimum atomic E-state index is 0.810. The molecule has 4 aromatic carbocycles. The van der Waals surface area contributed by atoms with Crippen molar-refractivity contribution in [2.24, 2.45) is 0 Å². The number of nitrogens with zero attached hydrogens (tertiary/aromatic N) is 5. The van der Waals surface area contributed by atoms with Gasteiger partial charge in [-0.1, -0.05) is 97.1 Å². The molecule has 0 N–H and O–H groups in total. The first kappa shape index (κ1) is 29.3. The van der Waals surface area contributed by atoms with E-state index in [9.17, 15) is 0 Å². The lowest BCUT2D eigenvalue weighted by atomic mass is 9.92. The molecule has 0 spiro atoms. The molecule has 5 nitrogen and oxygen atoms in total. The summed E-state index contributed by atoms with van der Waals surface area (Å²) in [5, 5.41) is 3.39. The highest BCUT2D eigenvalue weighted by molar-refractivity contribution is 6.16. The van der Waals surface area contributed by atoms with Gasteiger partial charge in [-0.15, -0.1) is 0 Å². The van der Waals surface area contributed by atoms with E-state index in [2.05, 4.69) is 112 Å². The van der Waals surface area contributed by atoms with Crippen LogP contribution in [0.4, 0.5) is 0 Å². The molecule has 0 radical (unpaired) electrons. The highest BCUT2D eigenvalue weighted by Crippen LogP contribution is 2.39. The highest BCUT2D eigenvalue weighted by atomic mass is 14.8. The third-order valence-electron chi connectivity index (χ3n) is 9.04. The smallest absolute Gasteiger partial charge is 0.0972 e. The monoisotopic (exact) mass is 639 g/mol. The van der Waals surface area contributed by atoms with Crippen LogP contribution >= 0.6 is 0 Å². The molecule has 0 amide bonds. The van der Waals surface area contributed by atoms with E-state index in [1.807, 2.05) is 66.9 Å². The largest absolute Gasteiger partial charge is 0.255 e. The first-order valence-corrected chi connectivity index (χ1v) is 16.6. The van der Waals surface area contributed by atoms with Gasteiger partial charge < -0.3 is 0 Å². The standard InChI is InChI=1S/C45H29N5/c1-2-16-38-36(13-1)44-35(14-10-15-37(44)45(50-38)41-19-5-8-26-48-41)33-12-9-11-32(27-33)30-20-22-31(23-21-30)34-28-42(39-17-3-6-24-46-39)49-43(29-34)40-18-4-7-25-47-40/h1-29H. The predicted octanol–water partition coefficient (Wildman–Crippen LogP) is 11.0. The van der Waals surface area contributed by atoms with Crippen LogP contribution in [0.25, 0.3) is 89.2 Å². The maximum Gasteiger partial charge on any atom is 0.0972 e. The summed E-state index contributed by atoms with van der Waals surface area (Å²) in [6.07, 6.45) is 5.41. The van der Waals surface area contributed by atoms with Gasteiger partial charge in [-0.3, -0.25) is 15.0 Å². The predicted molar refractivity (Wildman–Crippen MR) is 203 cm³/mol. The molecule has 5 heteroatoms. The first-order chi connectivity index (χ1) is 24.8. The van der Waals surface area contributed by atoms with Crippen LogP contribution in [-0.2, 0) is 0 Å². The normalized spacial score (nSPS) is 11.2. The van der Waals surface area contributed by atoms with Crippen molar-refractivity contribution in [1.82, 2.24) is 24.9 Å². The van der Waals surface area contributed by atoms with Crippen molar-refractivity contribution in [3.8, 4) is 67.5 Å². The number of hydrogen-bond donors (Lipinski definition) is 0. The molecule has 0 fully saturated rings. The summed E-state index contributed by atoms with van der Waals surface area (Å²) in [7, 11) is 0. The lowest BCUT2D eigenvalue weighted by molar-refractivity contribution is 1.22. The lowest BCUT2D eigenvalue weighted by Gasteiger charge is -2.14. The van der Waals surface area contributed by atoms with Gasteiger partial charge in [0.05, 0.1) is 39.7 Å². The van der Waals surface area contributed by atoms with Gasteiger partial charge in [0.2, 0.25) is 0 Å². The average Bonchev–Trinajstić information content (AvgIpc) is 3.21. The van der Waals surface area contributed by atoms with Crippen LogP contribution in [0.3, 0.4) is 0 Å². The number of aromatic nitrogens is 5. The number of hydrogen-bond acceptors (Lipinski definition) is 5. The maximum atomic E-state index is 5.08. The van der Waals surface area contributed by atoms with E-state index < -0.39 is 0 Å². The summed E-state index contributed by atoms with van der Waals surface area (Å²) in [6.45, 7) is 0. The summed E-state index contributed by atoms with van der Waals surface area (Å²) < 4.78 is 0. The van der Waals surface area contributed by atoms with Crippen molar-refractivity contribution in [2.45, 2.75) is 0 Å². The molecule has 0 atom stereocenters. The molecule has 0 aliphatic rings. The van der Waals surface area contributed by atoms with Gasteiger partial charge >= 0.3 is 0 Å². The van der Waals surface area contributed by atoms with Crippen LogP contribution in [0.1, 0.15) is 0 Å². The molecule has 0 aliphatic carbocycles.